The molecule has 0 fully saturated rings. The van der Waals surface area contributed by atoms with E-state index in [-0.39, 0.29) is 16.2 Å². The highest BCUT2D eigenvalue weighted by Gasteiger charge is 2.57. The summed E-state index contributed by atoms with van der Waals surface area (Å²) < 4.78 is 0. The van der Waals surface area contributed by atoms with Crippen LogP contribution in [0, 0.1) is 0 Å². The number of benzene rings is 4. The minimum atomic E-state index is -0.212. The number of hydrogen-bond acceptors (Lipinski definition) is 2. The standard InChI is InChI=1S/C65H90O2/c1-7-13-19-27-39-63(40-28-20-14-8-2)54-34-26-25-33-51(54)57-60(63)58-52-37-35-49(47-66)45-55(52)65(43-31-23-17-11-5,44-32-24-18-12-6)62(58)59-53-38-36-50(48-67)46-56(53)64(61(57)59,41-29-21-15-9-3)42-30-22-16-10-4/h25-26,33-38,45-48H,7-24,27-32,39-44H2,1-6H3. The zero-order valence-electron chi connectivity index (χ0n) is 43.5. The molecule has 3 aliphatic carbocycles. The molecule has 67 heavy (non-hydrogen) atoms. The van der Waals surface area contributed by atoms with Gasteiger partial charge in [-0.2, -0.15) is 0 Å². The second kappa shape index (κ2) is 24.2. The van der Waals surface area contributed by atoms with E-state index in [2.05, 4.69) is 102 Å². The summed E-state index contributed by atoms with van der Waals surface area (Å²) in [6.07, 6.45) is 38.8. The summed E-state index contributed by atoms with van der Waals surface area (Å²) in [5.74, 6) is 0. The lowest BCUT2D eigenvalue weighted by Gasteiger charge is -2.39. The van der Waals surface area contributed by atoms with Gasteiger partial charge in [0.1, 0.15) is 12.6 Å². The molecule has 0 saturated carbocycles. The minimum Gasteiger partial charge on any atom is -0.298 e. The molecule has 0 unspecified atom stereocenters. The number of unbranched alkanes of at least 4 members (excludes halogenated alkanes) is 18. The van der Waals surface area contributed by atoms with Crippen LogP contribution in [0.15, 0.2) is 60.7 Å². The van der Waals surface area contributed by atoms with Gasteiger partial charge in [-0.15, -0.1) is 0 Å². The van der Waals surface area contributed by atoms with E-state index < -0.39 is 0 Å². The van der Waals surface area contributed by atoms with Crippen molar-refractivity contribution in [1.29, 1.82) is 0 Å². The first-order valence-corrected chi connectivity index (χ1v) is 28.5. The van der Waals surface area contributed by atoms with Crippen LogP contribution in [0.1, 0.15) is 288 Å². The molecule has 2 nitrogen and oxygen atoms in total. The molecule has 0 N–H and O–H groups in total. The normalized spacial score (nSPS) is 15.2. The fraction of sp³-hybridized carbons (Fsp3) is 0.600. The molecule has 7 rings (SSSR count). The lowest BCUT2D eigenvalue weighted by atomic mass is 9.63. The molecule has 3 aliphatic rings. The zero-order valence-corrected chi connectivity index (χ0v) is 43.5. The van der Waals surface area contributed by atoms with Crippen molar-refractivity contribution in [3.8, 4) is 33.4 Å². The van der Waals surface area contributed by atoms with Crippen molar-refractivity contribution in [3.05, 3.63) is 105 Å². The van der Waals surface area contributed by atoms with Gasteiger partial charge in [-0.3, -0.25) is 9.59 Å². The van der Waals surface area contributed by atoms with E-state index in [0.717, 1.165) is 49.4 Å². The summed E-state index contributed by atoms with van der Waals surface area (Å²) in [7, 11) is 0. The number of carbonyl (C=O) groups is 2. The van der Waals surface area contributed by atoms with E-state index in [1.807, 2.05) is 0 Å². The first-order valence-electron chi connectivity index (χ1n) is 28.5. The number of rotatable bonds is 32. The summed E-state index contributed by atoms with van der Waals surface area (Å²) in [4.78, 5) is 26.1. The van der Waals surface area contributed by atoms with Crippen LogP contribution >= 0.6 is 0 Å². The zero-order chi connectivity index (χ0) is 47.3. The van der Waals surface area contributed by atoms with Crippen LogP contribution < -0.4 is 0 Å². The quantitative estimate of drug-likeness (QED) is 0.0361. The molecule has 0 aliphatic heterocycles. The van der Waals surface area contributed by atoms with Crippen LogP contribution in [0.3, 0.4) is 0 Å². The molecule has 4 aromatic rings. The lowest BCUT2D eigenvalue weighted by Crippen LogP contribution is -2.31. The van der Waals surface area contributed by atoms with Gasteiger partial charge in [0.05, 0.1) is 0 Å². The van der Waals surface area contributed by atoms with E-state index in [1.165, 1.54) is 200 Å². The maximum atomic E-state index is 13.0. The monoisotopic (exact) mass is 903 g/mol. The third-order valence-corrected chi connectivity index (χ3v) is 17.3. The number of fused-ring (bicyclic) bond motifs is 12. The van der Waals surface area contributed by atoms with Gasteiger partial charge in [-0.05, 0) is 117 Å². The molecule has 0 saturated heterocycles. The Labute approximate surface area is 409 Å². The van der Waals surface area contributed by atoms with Crippen LogP contribution in [-0.2, 0) is 16.2 Å². The van der Waals surface area contributed by atoms with Crippen LogP contribution in [0.2, 0.25) is 0 Å². The first-order chi connectivity index (χ1) is 32.9. The maximum Gasteiger partial charge on any atom is 0.150 e. The second-order valence-electron chi connectivity index (χ2n) is 21.8. The highest BCUT2D eigenvalue weighted by Crippen LogP contribution is 2.71. The largest absolute Gasteiger partial charge is 0.298 e. The molecule has 362 valence electrons. The Balaban J connectivity index is 1.70. The molecular formula is C65H90O2. The molecular weight excluding hydrogens is 813 g/mol. The summed E-state index contributed by atoms with van der Waals surface area (Å²) in [5.41, 5.74) is 19.5. The Bertz CT molecular complexity index is 2200. The van der Waals surface area contributed by atoms with Crippen molar-refractivity contribution < 1.29 is 9.59 Å². The van der Waals surface area contributed by atoms with Gasteiger partial charge in [0, 0.05) is 27.4 Å². The topological polar surface area (TPSA) is 34.1 Å². The number of aldehydes is 2. The van der Waals surface area contributed by atoms with E-state index in [4.69, 9.17) is 0 Å². The fourth-order valence-electron chi connectivity index (χ4n) is 14.1. The molecule has 2 heteroatoms. The average Bonchev–Trinajstić information content (AvgIpc) is 3.91. The molecule has 0 heterocycles. The minimum absolute atomic E-state index is 0.105. The van der Waals surface area contributed by atoms with Crippen molar-refractivity contribution in [1.82, 2.24) is 0 Å². The van der Waals surface area contributed by atoms with E-state index >= 15 is 0 Å². The van der Waals surface area contributed by atoms with Crippen LogP contribution in [0.5, 0.6) is 0 Å². The summed E-state index contributed by atoms with van der Waals surface area (Å²) >= 11 is 0. The van der Waals surface area contributed by atoms with Gasteiger partial charge in [0.15, 0.2) is 0 Å². The van der Waals surface area contributed by atoms with Crippen LogP contribution in [0.25, 0.3) is 33.4 Å². The Morgan fingerprint density at radius 1 is 0.328 bits per heavy atom. The molecule has 4 aromatic carbocycles. The van der Waals surface area contributed by atoms with Crippen molar-refractivity contribution >= 4 is 12.6 Å². The number of carbonyl (C=O) groups excluding carboxylic acids is 2. The predicted molar refractivity (Wildman–Crippen MR) is 288 cm³/mol. The highest BCUT2D eigenvalue weighted by molar-refractivity contribution is 6.05. The smallest absolute Gasteiger partial charge is 0.150 e. The number of hydrogen-bond donors (Lipinski definition) is 0. The Morgan fingerprint density at radius 2 is 0.612 bits per heavy atom. The van der Waals surface area contributed by atoms with Gasteiger partial charge in [0.2, 0.25) is 0 Å². The maximum absolute atomic E-state index is 13.0. The van der Waals surface area contributed by atoms with Gasteiger partial charge < -0.3 is 0 Å². The van der Waals surface area contributed by atoms with Gasteiger partial charge in [-0.1, -0.05) is 244 Å². The van der Waals surface area contributed by atoms with Gasteiger partial charge in [0.25, 0.3) is 0 Å². The third-order valence-electron chi connectivity index (χ3n) is 17.3. The molecule has 0 amide bonds. The van der Waals surface area contributed by atoms with Crippen LogP contribution in [-0.4, -0.2) is 12.6 Å². The Kier molecular flexibility index (Phi) is 18.4. The van der Waals surface area contributed by atoms with Crippen molar-refractivity contribution in [3.63, 3.8) is 0 Å². The molecule has 0 atom stereocenters. The third kappa shape index (κ3) is 9.87. The summed E-state index contributed by atoms with van der Waals surface area (Å²) in [6.45, 7) is 14.1. The van der Waals surface area contributed by atoms with Crippen LogP contribution in [0.4, 0.5) is 0 Å². The molecule has 0 spiro atoms. The summed E-state index contributed by atoms with van der Waals surface area (Å²) in [6, 6.07) is 23.7. The highest BCUT2D eigenvalue weighted by atomic mass is 16.1. The van der Waals surface area contributed by atoms with Crippen molar-refractivity contribution in [2.24, 2.45) is 0 Å². The van der Waals surface area contributed by atoms with E-state index in [9.17, 15) is 9.59 Å². The van der Waals surface area contributed by atoms with Crippen molar-refractivity contribution in [2.75, 3.05) is 0 Å². The fourth-order valence-corrected chi connectivity index (χ4v) is 14.1. The predicted octanol–water partition coefficient (Wildman–Crippen LogP) is 19.9. The van der Waals surface area contributed by atoms with Gasteiger partial charge in [-0.25, -0.2) is 0 Å². The van der Waals surface area contributed by atoms with Crippen molar-refractivity contribution in [2.45, 2.75) is 250 Å². The van der Waals surface area contributed by atoms with E-state index in [0.29, 0.717) is 0 Å². The SMILES string of the molecule is CCCCCCC1(CCCCCC)c2ccccc2-c2c1c1c(c3c2C(CCCCCC)(CCCCCC)c2cc(C=O)ccc2-3)C(CCCCCC)(CCCCCC)c2cc(C=O)ccc2-1. The Hall–Kier alpha value is -3.78. The summed E-state index contributed by atoms with van der Waals surface area (Å²) in [5, 5.41) is 0. The molecule has 0 radical (unpaired) electrons. The lowest BCUT2D eigenvalue weighted by molar-refractivity contribution is 0.111. The van der Waals surface area contributed by atoms with Gasteiger partial charge >= 0.3 is 0 Å². The first kappa shape index (κ1) is 51.1. The molecule has 0 aromatic heterocycles. The Morgan fingerprint density at radius 3 is 0.910 bits per heavy atom. The van der Waals surface area contributed by atoms with E-state index in [1.54, 1.807) is 33.4 Å². The average molecular weight is 903 g/mol. The molecule has 0 bridgehead atoms. The second-order valence-corrected chi connectivity index (χ2v) is 21.8.